The molecule has 0 saturated heterocycles. The molecule has 0 rings (SSSR count). The normalized spacial score (nSPS) is 14.8. The van der Waals surface area contributed by atoms with E-state index in [0.717, 1.165) is 0 Å². The molecule has 0 aromatic carbocycles. The summed E-state index contributed by atoms with van der Waals surface area (Å²) in [7, 11) is 0. The first-order valence-electron chi connectivity index (χ1n) is 20.5. The number of nitrogens with two attached hydrogens (primary N) is 5. The van der Waals surface area contributed by atoms with Crippen LogP contribution in [0.2, 0.25) is 0 Å². The van der Waals surface area contributed by atoms with Crippen molar-refractivity contribution in [3.8, 4) is 0 Å². The molecule has 0 aliphatic carbocycles. The van der Waals surface area contributed by atoms with Crippen LogP contribution in [0.4, 0.5) is 0 Å². The summed E-state index contributed by atoms with van der Waals surface area (Å²) in [4.78, 5) is 96.8. The predicted octanol–water partition coefficient (Wildman–Crippen LogP) is -1.61. The van der Waals surface area contributed by atoms with Gasteiger partial charge in [0.25, 0.3) is 0 Å². The standard InChI is InChI=1S/C38H74N12O8/c1-7-24(6)31(36(56)48-27(37(57)58)14-9-11-17-40)50-33(53)26(15-12-18-44-38(42)43)46-32(52)25(13-8-10-16-39)47-35(55)29(20-23(4)5)49-34(54)28(19-22(2)3)45-30(51)21-41/h22-29,31H,7-21,39-41H2,1-6H3,(H,45,51)(H,46,52)(H,47,55)(H,48,56)(H,49,54)(H,50,53)(H,57,58)(H4,42,43,44)/t24-,25+,26-,27+,28-,29-,31-/m0/s1. The third-order valence-corrected chi connectivity index (χ3v) is 9.40. The Balaban J connectivity index is 6.53. The minimum atomic E-state index is -1.23. The Bertz CT molecular complexity index is 1330. The van der Waals surface area contributed by atoms with Crippen molar-refractivity contribution >= 4 is 47.4 Å². The zero-order valence-corrected chi connectivity index (χ0v) is 35.4. The van der Waals surface area contributed by atoms with Gasteiger partial charge in [0.1, 0.15) is 36.3 Å². The predicted molar refractivity (Wildman–Crippen MR) is 222 cm³/mol. The number of carboxylic acids is 1. The molecule has 0 fully saturated rings. The van der Waals surface area contributed by atoms with Crippen LogP contribution in [0, 0.1) is 17.8 Å². The van der Waals surface area contributed by atoms with E-state index in [1.54, 1.807) is 6.92 Å². The highest BCUT2D eigenvalue weighted by Gasteiger charge is 2.34. The van der Waals surface area contributed by atoms with E-state index >= 15 is 0 Å². The molecule has 334 valence electrons. The van der Waals surface area contributed by atoms with Crippen LogP contribution in [0.5, 0.6) is 0 Å². The van der Waals surface area contributed by atoms with Crippen LogP contribution >= 0.6 is 0 Å². The second-order valence-corrected chi connectivity index (χ2v) is 15.6. The van der Waals surface area contributed by atoms with Gasteiger partial charge in [-0.15, -0.1) is 0 Å². The van der Waals surface area contributed by atoms with Gasteiger partial charge in [0.05, 0.1) is 6.54 Å². The first-order chi connectivity index (χ1) is 27.3. The van der Waals surface area contributed by atoms with Crippen molar-refractivity contribution in [3.63, 3.8) is 0 Å². The van der Waals surface area contributed by atoms with Crippen LogP contribution in [0.25, 0.3) is 0 Å². The number of unbranched alkanes of at least 4 members (excludes halogenated alkanes) is 2. The number of amides is 6. The summed E-state index contributed by atoms with van der Waals surface area (Å²) in [6.45, 7) is 11.5. The quantitative estimate of drug-likeness (QED) is 0.0213. The molecule has 17 N–H and O–H groups in total. The van der Waals surface area contributed by atoms with Crippen molar-refractivity contribution in [2.24, 2.45) is 51.4 Å². The second kappa shape index (κ2) is 29.6. The van der Waals surface area contributed by atoms with Crippen molar-refractivity contribution < 1.29 is 38.7 Å². The fourth-order valence-corrected chi connectivity index (χ4v) is 5.98. The molecule has 0 saturated carbocycles. The van der Waals surface area contributed by atoms with Crippen LogP contribution in [0.15, 0.2) is 4.99 Å². The SMILES string of the molecule is CC[C@H](C)[C@H](NC(=O)[C@H](CCCN=C(N)N)NC(=O)[C@@H](CCCCN)NC(=O)[C@H](CC(C)C)NC(=O)[C@H](CC(C)C)NC(=O)CN)C(=O)N[C@H](CCCCN)C(=O)O. The number of rotatable bonds is 31. The molecule has 58 heavy (non-hydrogen) atoms. The Hall–Kier alpha value is -4.56. The number of carbonyl (C=O) groups is 7. The summed E-state index contributed by atoms with van der Waals surface area (Å²) in [5.41, 5.74) is 27.7. The first kappa shape index (κ1) is 53.4. The third kappa shape index (κ3) is 22.4. The Kier molecular flexibility index (Phi) is 27.3. The lowest BCUT2D eigenvalue weighted by atomic mass is 9.96. The van der Waals surface area contributed by atoms with E-state index in [1.807, 2.05) is 34.6 Å². The second-order valence-electron chi connectivity index (χ2n) is 15.6. The third-order valence-electron chi connectivity index (χ3n) is 9.40. The highest BCUT2D eigenvalue weighted by atomic mass is 16.4. The fourth-order valence-electron chi connectivity index (χ4n) is 5.98. The minimum absolute atomic E-state index is 0.0226. The van der Waals surface area contributed by atoms with Gasteiger partial charge >= 0.3 is 5.97 Å². The van der Waals surface area contributed by atoms with Crippen LogP contribution in [-0.4, -0.2) is 115 Å². The van der Waals surface area contributed by atoms with Gasteiger partial charge in [-0.05, 0) is 95.1 Å². The number of hydrogen-bond acceptors (Lipinski definition) is 11. The number of hydrogen-bond donors (Lipinski definition) is 12. The molecule has 6 amide bonds. The lowest BCUT2D eigenvalue weighted by Crippen LogP contribution is -2.60. The molecule has 0 unspecified atom stereocenters. The van der Waals surface area contributed by atoms with Gasteiger partial charge in [-0.2, -0.15) is 0 Å². The van der Waals surface area contributed by atoms with Gasteiger partial charge < -0.3 is 65.7 Å². The number of aliphatic carboxylic acids is 1. The van der Waals surface area contributed by atoms with Crippen molar-refractivity contribution in [2.75, 3.05) is 26.2 Å². The summed E-state index contributed by atoms with van der Waals surface area (Å²) < 4.78 is 0. The number of guanidine groups is 1. The van der Waals surface area contributed by atoms with Crippen LogP contribution in [-0.2, 0) is 33.6 Å². The molecule has 0 aliphatic rings. The number of carboxylic acid groups (broad SMARTS) is 1. The highest BCUT2D eigenvalue weighted by molar-refractivity contribution is 5.97. The molecule has 20 nitrogen and oxygen atoms in total. The van der Waals surface area contributed by atoms with Gasteiger partial charge in [0.2, 0.25) is 35.4 Å². The van der Waals surface area contributed by atoms with Gasteiger partial charge in [-0.3, -0.25) is 33.8 Å². The zero-order valence-electron chi connectivity index (χ0n) is 35.4. The Morgan fingerprint density at radius 1 is 0.552 bits per heavy atom. The van der Waals surface area contributed by atoms with Crippen molar-refractivity contribution in [3.05, 3.63) is 0 Å². The molecule has 0 aliphatic heterocycles. The average molecular weight is 827 g/mol. The van der Waals surface area contributed by atoms with Crippen molar-refractivity contribution in [2.45, 2.75) is 148 Å². The van der Waals surface area contributed by atoms with Crippen LogP contribution < -0.4 is 60.6 Å². The molecular formula is C38H74N12O8. The molecule has 0 aromatic rings. The monoisotopic (exact) mass is 827 g/mol. The van der Waals surface area contributed by atoms with E-state index in [0.29, 0.717) is 51.6 Å². The van der Waals surface area contributed by atoms with E-state index < -0.39 is 83.6 Å². The molecule has 0 spiro atoms. The number of carbonyl (C=O) groups excluding carboxylic acids is 6. The van der Waals surface area contributed by atoms with E-state index in [2.05, 4.69) is 36.9 Å². The first-order valence-corrected chi connectivity index (χ1v) is 20.5. The van der Waals surface area contributed by atoms with E-state index in [-0.39, 0.29) is 63.0 Å². The molecule has 0 aromatic heterocycles. The van der Waals surface area contributed by atoms with Gasteiger partial charge in [-0.25, -0.2) is 4.79 Å². The number of nitrogens with zero attached hydrogens (tertiary/aromatic N) is 1. The highest BCUT2D eigenvalue weighted by Crippen LogP contribution is 2.13. The minimum Gasteiger partial charge on any atom is -0.480 e. The molecule has 7 atom stereocenters. The molecule has 0 radical (unpaired) electrons. The van der Waals surface area contributed by atoms with Gasteiger partial charge in [-0.1, -0.05) is 48.0 Å². The molecule has 20 heteroatoms. The topological polar surface area (TPSA) is 354 Å². The van der Waals surface area contributed by atoms with E-state index in [9.17, 15) is 38.7 Å². The van der Waals surface area contributed by atoms with E-state index in [4.69, 9.17) is 28.7 Å². The van der Waals surface area contributed by atoms with E-state index in [1.165, 1.54) is 0 Å². The Morgan fingerprint density at radius 3 is 1.40 bits per heavy atom. The molecule has 0 bridgehead atoms. The average Bonchev–Trinajstić information content (AvgIpc) is 3.15. The van der Waals surface area contributed by atoms with Gasteiger partial charge in [0, 0.05) is 6.54 Å². The lowest BCUT2D eigenvalue weighted by molar-refractivity contribution is -0.143. The molecular weight excluding hydrogens is 752 g/mol. The maximum absolute atomic E-state index is 14.0. The fraction of sp³-hybridized carbons (Fsp3) is 0.789. The van der Waals surface area contributed by atoms with Crippen molar-refractivity contribution in [1.29, 1.82) is 0 Å². The zero-order chi connectivity index (χ0) is 44.4. The molecule has 0 heterocycles. The lowest BCUT2D eigenvalue weighted by Gasteiger charge is -2.29. The largest absolute Gasteiger partial charge is 0.480 e. The summed E-state index contributed by atoms with van der Waals surface area (Å²) in [5, 5.41) is 25.8. The summed E-state index contributed by atoms with van der Waals surface area (Å²) >= 11 is 0. The maximum Gasteiger partial charge on any atom is 0.326 e. The van der Waals surface area contributed by atoms with Crippen molar-refractivity contribution in [1.82, 2.24) is 31.9 Å². The Labute approximate surface area is 343 Å². The summed E-state index contributed by atoms with van der Waals surface area (Å²) in [6.07, 6.45) is 3.50. The Morgan fingerprint density at radius 2 is 0.966 bits per heavy atom. The summed E-state index contributed by atoms with van der Waals surface area (Å²) in [5.74, 6) is -5.74. The number of nitrogens with one attached hydrogen (secondary N) is 6. The smallest absolute Gasteiger partial charge is 0.326 e. The number of aliphatic imine (C=N–C) groups is 1. The van der Waals surface area contributed by atoms with Crippen LogP contribution in [0.3, 0.4) is 0 Å². The van der Waals surface area contributed by atoms with Crippen LogP contribution in [0.1, 0.15) is 112 Å². The van der Waals surface area contributed by atoms with Gasteiger partial charge in [0.15, 0.2) is 5.96 Å². The maximum atomic E-state index is 14.0. The summed E-state index contributed by atoms with van der Waals surface area (Å²) in [6, 6.07) is -6.79.